The number of nitrogens with one attached hydrogen (secondary N) is 2. The molecule has 2 saturated heterocycles. The first-order valence-corrected chi connectivity index (χ1v) is 20.0. The number of aromatic nitrogens is 1. The summed E-state index contributed by atoms with van der Waals surface area (Å²) in [4.78, 5) is 56.0. The lowest BCUT2D eigenvalue weighted by atomic mass is 9.75. The summed E-state index contributed by atoms with van der Waals surface area (Å²) >= 11 is 0. The SMILES string of the molecule is Cn1c(C(=O)OC[C@@H]2CCCO2)cc2cc(NC(=O)[C@@H]3[C@H](C4CCCCC4)CCN3C(=O)[C@H]3CC[C@H]([C@@H](CCF)NC(=O)OC(C)(C)C)CC3)ccc21. The maximum absolute atomic E-state index is 14.3. The predicted molar refractivity (Wildman–Crippen MR) is 200 cm³/mol. The summed E-state index contributed by atoms with van der Waals surface area (Å²) < 4.78 is 32.0. The van der Waals surface area contributed by atoms with E-state index in [1.165, 1.54) is 6.42 Å². The molecule has 3 amide bonds. The van der Waals surface area contributed by atoms with Crippen molar-refractivity contribution in [1.82, 2.24) is 14.8 Å². The molecule has 6 rings (SSSR count). The molecule has 2 N–H and O–H groups in total. The summed E-state index contributed by atoms with van der Waals surface area (Å²) in [6.45, 7) is 6.32. The Balaban J connectivity index is 1.13. The number of likely N-dealkylation sites (tertiary alicyclic amines) is 1. The van der Waals surface area contributed by atoms with Crippen molar-refractivity contribution < 1.29 is 37.8 Å². The third-order valence-corrected chi connectivity index (χ3v) is 12.0. The van der Waals surface area contributed by atoms with Crippen molar-refractivity contribution in [2.75, 3.05) is 31.7 Å². The summed E-state index contributed by atoms with van der Waals surface area (Å²) in [6.07, 6.45) is 10.5. The minimum atomic E-state index is -0.652. The number of hydrogen-bond acceptors (Lipinski definition) is 7. The second-order valence-corrected chi connectivity index (χ2v) is 16.8. The number of alkyl halides is 1. The number of hydrogen-bond donors (Lipinski definition) is 2. The first-order valence-electron chi connectivity index (χ1n) is 20.0. The van der Waals surface area contributed by atoms with Gasteiger partial charge in [0.1, 0.15) is 23.9 Å². The van der Waals surface area contributed by atoms with E-state index in [4.69, 9.17) is 14.2 Å². The van der Waals surface area contributed by atoms with Gasteiger partial charge in [-0.2, -0.15) is 0 Å². The van der Waals surface area contributed by atoms with Gasteiger partial charge in [0, 0.05) is 48.7 Å². The molecule has 2 aliphatic heterocycles. The fourth-order valence-electron chi connectivity index (χ4n) is 9.32. The van der Waals surface area contributed by atoms with Crippen LogP contribution in [-0.2, 0) is 30.8 Å². The number of carbonyl (C=O) groups is 4. The standard InChI is InChI=1S/C41H59FN4O7/c1-41(2,3)53-40(50)44-33(18-20-42)27-12-14-28(15-13-27)38(48)46-21-19-32(26-9-6-5-7-10-26)36(46)37(47)43-30-16-17-34-29(23-30)24-35(45(34)4)39(49)52-25-31-11-8-22-51-31/h16-17,23-24,26-28,31-33,36H,5-15,18-22,25H2,1-4H3,(H,43,47)(H,44,50)/t27-,28-,31-,32-,33+,36-/m0/s1. The van der Waals surface area contributed by atoms with Crippen molar-refractivity contribution in [1.29, 1.82) is 0 Å². The Bertz CT molecular complexity index is 1600. The molecule has 12 heteroatoms. The van der Waals surface area contributed by atoms with Crippen LogP contribution in [0.25, 0.3) is 10.9 Å². The molecular weight excluding hydrogens is 679 g/mol. The second-order valence-electron chi connectivity index (χ2n) is 16.8. The fourth-order valence-corrected chi connectivity index (χ4v) is 9.32. The van der Waals surface area contributed by atoms with Gasteiger partial charge in [0.2, 0.25) is 11.8 Å². The molecule has 292 valence electrons. The van der Waals surface area contributed by atoms with Crippen LogP contribution in [0.15, 0.2) is 24.3 Å². The number of anilines is 1. The predicted octanol–water partition coefficient (Wildman–Crippen LogP) is 7.31. The zero-order valence-corrected chi connectivity index (χ0v) is 32.0. The van der Waals surface area contributed by atoms with Gasteiger partial charge >= 0.3 is 12.1 Å². The number of nitrogens with zero attached hydrogens (tertiary/aromatic N) is 2. The molecule has 0 bridgehead atoms. The van der Waals surface area contributed by atoms with Crippen LogP contribution in [0.1, 0.15) is 115 Å². The molecule has 0 spiro atoms. The largest absolute Gasteiger partial charge is 0.458 e. The van der Waals surface area contributed by atoms with E-state index in [1.54, 1.807) is 31.4 Å². The molecule has 11 nitrogen and oxygen atoms in total. The molecule has 53 heavy (non-hydrogen) atoms. The molecular formula is C41H59FN4O7. The number of halogens is 1. The Hall–Kier alpha value is -3.67. The summed E-state index contributed by atoms with van der Waals surface area (Å²) in [5.41, 5.74) is 1.24. The molecule has 0 unspecified atom stereocenters. The first kappa shape index (κ1) is 39.0. The molecule has 0 radical (unpaired) electrons. The molecule has 1 aromatic carbocycles. The van der Waals surface area contributed by atoms with Crippen LogP contribution in [0.4, 0.5) is 14.9 Å². The van der Waals surface area contributed by atoms with Crippen LogP contribution < -0.4 is 10.6 Å². The molecule has 1 aromatic heterocycles. The highest BCUT2D eigenvalue weighted by atomic mass is 19.1. The number of rotatable bonds is 11. The summed E-state index contributed by atoms with van der Waals surface area (Å²) in [6, 6.07) is 6.48. The minimum Gasteiger partial charge on any atom is -0.458 e. The Morgan fingerprint density at radius 2 is 1.72 bits per heavy atom. The smallest absolute Gasteiger partial charge is 0.407 e. The van der Waals surface area contributed by atoms with Crippen molar-refractivity contribution >= 4 is 40.5 Å². The average molecular weight is 739 g/mol. The Labute approximate surface area is 313 Å². The fraction of sp³-hybridized carbons (Fsp3) is 0.707. The number of fused-ring (bicyclic) bond motifs is 1. The molecule has 4 aliphatic rings. The van der Waals surface area contributed by atoms with E-state index in [9.17, 15) is 23.6 Å². The summed E-state index contributed by atoms with van der Waals surface area (Å²) in [7, 11) is 1.83. The van der Waals surface area contributed by atoms with Gasteiger partial charge in [-0.25, -0.2) is 9.59 Å². The Morgan fingerprint density at radius 3 is 2.40 bits per heavy atom. The number of benzene rings is 1. The van der Waals surface area contributed by atoms with E-state index in [1.807, 2.05) is 30.1 Å². The zero-order valence-electron chi connectivity index (χ0n) is 32.0. The maximum Gasteiger partial charge on any atom is 0.407 e. The highest BCUT2D eigenvalue weighted by Gasteiger charge is 2.47. The normalized spacial score (nSPS) is 26.0. The number of aryl methyl sites for hydroxylation is 1. The van der Waals surface area contributed by atoms with Crippen molar-refractivity contribution in [2.45, 2.75) is 128 Å². The van der Waals surface area contributed by atoms with Crippen molar-refractivity contribution in [3.8, 4) is 0 Å². The first-order chi connectivity index (χ1) is 25.4. The quantitative estimate of drug-likeness (QED) is 0.232. The molecule has 2 aromatic rings. The van der Waals surface area contributed by atoms with E-state index in [0.29, 0.717) is 56.1 Å². The van der Waals surface area contributed by atoms with Gasteiger partial charge in [0.15, 0.2) is 0 Å². The van der Waals surface area contributed by atoms with Crippen LogP contribution in [0.5, 0.6) is 0 Å². The molecule has 4 fully saturated rings. The van der Waals surface area contributed by atoms with E-state index in [-0.39, 0.29) is 54.7 Å². The minimum absolute atomic E-state index is 0.0220. The third kappa shape index (κ3) is 9.53. The van der Waals surface area contributed by atoms with Gasteiger partial charge in [-0.3, -0.25) is 14.0 Å². The van der Waals surface area contributed by atoms with Crippen LogP contribution in [0.2, 0.25) is 0 Å². The topological polar surface area (TPSA) is 128 Å². The lowest BCUT2D eigenvalue weighted by molar-refractivity contribution is -0.142. The average Bonchev–Trinajstić information content (AvgIpc) is 3.89. The van der Waals surface area contributed by atoms with Gasteiger partial charge in [-0.05, 0) is 114 Å². The van der Waals surface area contributed by atoms with Crippen LogP contribution >= 0.6 is 0 Å². The van der Waals surface area contributed by atoms with Crippen LogP contribution in [0, 0.1) is 23.7 Å². The zero-order chi connectivity index (χ0) is 37.7. The summed E-state index contributed by atoms with van der Waals surface area (Å²) in [5.74, 6) is -0.248. The third-order valence-electron chi connectivity index (χ3n) is 12.0. The van der Waals surface area contributed by atoms with E-state index < -0.39 is 30.4 Å². The lowest BCUT2D eigenvalue weighted by Gasteiger charge is -2.37. The number of alkyl carbamates (subject to hydrolysis) is 1. The maximum atomic E-state index is 14.3. The van der Waals surface area contributed by atoms with E-state index in [0.717, 1.165) is 55.8 Å². The highest BCUT2D eigenvalue weighted by Crippen LogP contribution is 2.42. The van der Waals surface area contributed by atoms with Crippen molar-refractivity contribution in [3.63, 3.8) is 0 Å². The second kappa shape index (κ2) is 17.2. The number of carbonyl (C=O) groups excluding carboxylic acids is 4. The monoisotopic (exact) mass is 738 g/mol. The van der Waals surface area contributed by atoms with E-state index >= 15 is 0 Å². The molecule has 4 atom stereocenters. The molecule has 3 heterocycles. The Morgan fingerprint density at radius 1 is 0.962 bits per heavy atom. The number of ether oxygens (including phenoxy) is 3. The van der Waals surface area contributed by atoms with Gasteiger partial charge in [0.05, 0.1) is 12.8 Å². The molecule has 2 aliphatic carbocycles. The van der Waals surface area contributed by atoms with Gasteiger partial charge in [0.25, 0.3) is 0 Å². The van der Waals surface area contributed by atoms with Crippen LogP contribution in [-0.4, -0.2) is 83.6 Å². The number of amides is 3. The summed E-state index contributed by atoms with van der Waals surface area (Å²) in [5, 5.41) is 6.86. The van der Waals surface area contributed by atoms with Crippen molar-refractivity contribution in [3.05, 3.63) is 30.0 Å². The highest BCUT2D eigenvalue weighted by molar-refractivity contribution is 6.01. The molecule has 2 saturated carbocycles. The van der Waals surface area contributed by atoms with Gasteiger partial charge in [-0.1, -0.05) is 32.1 Å². The number of esters is 1. The lowest BCUT2D eigenvalue weighted by Crippen LogP contribution is -2.50. The van der Waals surface area contributed by atoms with E-state index in [2.05, 4.69) is 10.6 Å². The van der Waals surface area contributed by atoms with Crippen LogP contribution in [0.3, 0.4) is 0 Å². The van der Waals surface area contributed by atoms with Gasteiger partial charge < -0.3 is 34.3 Å². The Kier molecular flexibility index (Phi) is 12.7. The van der Waals surface area contributed by atoms with Crippen molar-refractivity contribution in [2.24, 2.45) is 30.7 Å². The van der Waals surface area contributed by atoms with Gasteiger partial charge in [-0.15, -0.1) is 0 Å².